The molecular formula is C23H18F3N3O4. The number of aromatic nitrogens is 1. The summed E-state index contributed by atoms with van der Waals surface area (Å²) in [5.41, 5.74) is 3.09. The van der Waals surface area contributed by atoms with E-state index in [0.29, 0.717) is 22.0 Å². The molecule has 170 valence electrons. The zero-order valence-corrected chi connectivity index (χ0v) is 17.2. The standard InChI is InChI=1S/C23H18F3N3O4/c24-23(25,26)10-28-9-19(30)29-16(22(28)31)8-14-13-3-1-2-4-15(13)27-20(14)21(29)12-5-6-17-18(7-12)33-11-32-17/h1-7,16,21,27H,8-11H2/t16-,21-/m0/s1. The highest BCUT2D eigenvalue weighted by atomic mass is 19.4. The van der Waals surface area contributed by atoms with E-state index in [9.17, 15) is 22.8 Å². The molecule has 1 saturated heterocycles. The average molecular weight is 457 g/mol. The Morgan fingerprint density at radius 2 is 1.85 bits per heavy atom. The van der Waals surface area contributed by atoms with Crippen LogP contribution in [0.25, 0.3) is 10.9 Å². The van der Waals surface area contributed by atoms with Gasteiger partial charge in [0.05, 0.1) is 6.04 Å². The number of amides is 2. The van der Waals surface area contributed by atoms with Crippen LogP contribution in [0.1, 0.15) is 22.9 Å². The monoisotopic (exact) mass is 457 g/mol. The molecule has 2 aromatic carbocycles. The molecule has 10 heteroatoms. The largest absolute Gasteiger partial charge is 0.454 e. The fraction of sp³-hybridized carbons (Fsp3) is 0.304. The van der Waals surface area contributed by atoms with E-state index in [-0.39, 0.29) is 13.2 Å². The molecule has 2 amide bonds. The molecule has 7 nitrogen and oxygen atoms in total. The number of benzene rings is 2. The van der Waals surface area contributed by atoms with Gasteiger partial charge in [0, 0.05) is 23.0 Å². The molecule has 0 spiro atoms. The fourth-order valence-electron chi connectivity index (χ4n) is 5.10. The van der Waals surface area contributed by atoms with Gasteiger partial charge in [0.2, 0.25) is 18.6 Å². The highest BCUT2D eigenvalue weighted by Gasteiger charge is 2.50. The first-order chi connectivity index (χ1) is 15.8. The number of piperazine rings is 1. The number of aromatic amines is 1. The summed E-state index contributed by atoms with van der Waals surface area (Å²) in [6.45, 7) is -1.99. The summed E-state index contributed by atoms with van der Waals surface area (Å²) < 4.78 is 50.1. The lowest BCUT2D eigenvalue weighted by Gasteiger charge is -2.47. The first-order valence-electron chi connectivity index (χ1n) is 10.5. The zero-order chi connectivity index (χ0) is 22.9. The van der Waals surface area contributed by atoms with Crippen LogP contribution < -0.4 is 9.47 Å². The molecule has 4 heterocycles. The zero-order valence-electron chi connectivity index (χ0n) is 17.2. The molecule has 3 aromatic rings. The molecular weight excluding hydrogens is 439 g/mol. The highest BCUT2D eigenvalue weighted by Crippen LogP contribution is 2.45. The topological polar surface area (TPSA) is 74.9 Å². The first kappa shape index (κ1) is 20.0. The maximum Gasteiger partial charge on any atom is 0.406 e. The molecule has 2 atom stereocenters. The Kier molecular flexibility index (Phi) is 4.17. The normalized spacial score (nSPS) is 22.0. The lowest BCUT2D eigenvalue weighted by molar-refractivity contribution is -0.176. The van der Waals surface area contributed by atoms with Gasteiger partial charge in [-0.3, -0.25) is 9.59 Å². The molecule has 0 bridgehead atoms. The Hall–Kier alpha value is -3.69. The third kappa shape index (κ3) is 3.12. The van der Waals surface area contributed by atoms with Crippen LogP contribution in [0.5, 0.6) is 11.5 Å². The van der Waals surface area contributed by atoms with Crippen LogP contribution in [-0.4, -0.2) is 58.7 Å². The molecule has 3 aliphatic rings. The lowest BCUT2D eigenvalue weighted by atomic mass is 9.86. The van der Waals surface area contributed by atoms with Crippen molar-refractivity contribution in [2.45, 2.75) is 24.7 Å². The summed E-state index contributed by atoms with van der Waals surface area (Å²) in [7, 11) is 0. The number of carbonyl (C=O) groups excluding carboxylic acids is 2. The highest BCUT2D eigenvalue weighted by molar-refractivity contribution is 5.97. The van der Waals surface area contributed by atoms with Crippen molar-refractivity contribution in [2.24, 2.45) is 0 Å². The van der Waals surface area contributed by atoms with Crippen molar-refractivity contribution >= 4 is 22.7 Å². The Morgan fingerprint density at radius 1 is 1.06 bits per heavy atom. The molecule has 0 unspecified atom stereocenters. The maximum atomic E-state index is 13.2. The maximum absolute atomic E-state index is 13.2. The van der Waals surface area contributed by atoms with Gasteiger partial charge < -0.3 is 24.3 Å². The smallest absolute Gasteiger partial charge is 0.406 e. The quantitative estimate of drug-likeness (QED) is 0.642. The van der Waals surface area contributed by atoms with E-state index in [2.05, 4.69) is 4.98 Å². The van der Waals surface area contributed by atoms with E-state index < -0.39 is 43.2 Å². The van der Waals surface area contributed by atoms with Crippen LogP contribution in [0.4, 0.5) is 13.2 Å². The molecule has 1 N–H and O–H groups in total. The number of rotatable bonds is 2. The summed E-state index contributed by atoms with van der Waals surface area (Å²) in [4.78, 5) is 31.8. The number of fused-ring (bicyclic) bond motifs is 5. The third-order valence-electron chi connectivity index (χ3n) is 6.42. The van der Waals surface area contributed by atoms with Crippen molar-refractivity contribution < 1.29 is 32.2 Å². The number of nitrogens with zero attached hydrogens (tertiary/aromatic N) is 2. The second-order valence-electron chi connectivity index (χ2n) is 8.41. The van der Waals surface area contributed by atoms with Crippen LogP contribution in [-0.2, 0) is 16.0 Å². The number of halogens is 3. The Bertz CT molecular complexity index is 1300. The van der Waals surface area contributed by atoms with E-state index >= 15 is 0 Å². The van der Waals surface area contributed by atoms with E-state index in [4.69, 9.17) is 9.47 Å². The van der Waals surface area contributed by atoms with Crippen LogP contribution in [0.2, 0.25) is 0 Å². The minimum atomic E-state index is -4.59. The van der Waals surface area contributed by atoms with E-state index in [1.165, 1.54) is 4.90 Å². The first-order valence-corrected chi connectivity index (χ1v) is 10.5. The molecule has 3 aliphatic heterocycles. The summed E-state index contributed by atoms with van der Waals surface area (Å²) in [5.74, 6) is -0.147. The van der Waals surface area contributed by atoms with Crippen LogP contribution >= 0.6 is 0 Å². The van der Waals surface area contributed by atoms with Crippen molar-refractivity contribution in [3.05, 3.63) is 59.3 Å². The van der Waals surface area contributed by atoms with Crippen molar-refractivity contribution in [3.63, 3.8) is 0 Å². The number of para-hydroxylation sites is 1. The second-order valence-corrected chi connectivity index (χ2v) is 8.41. The van der Waals surface area contributed by atoms with Crippen molar-refractivity contribution in [2.75, 3.05) is 19.9 Å². The summed E-state index contributed by atoms with van der Waals surface area (Å²) in [6.07, 6.45) is -4.45. The molecule has 6 rings (SSSR count). The number of nitrogens with one attached hydrogen (secondary N) is 1. The van der Waals surface area contributed by atoms with Gasteiger partial charge in [0.1, 0.15) is 19.1 Å². The predicted octanol–water partition coefficient (Wildman–Crippen LogP) is 3.14. The Morgan fingerprint density at radius 3 is 2.67 bits per heavy atom. The molecule has 0 radical (unpaired) electrons. The number of ether oxygens (including phenoxy) is 2. The Balaban J connectivity index is 1.51. The van der Waals surface area contributed by atoms with Gasteiger partial charge in [-0.15, -0.1) is 0 Å². The van der Waals surface area contributed by atoms with Gasteiger partial charge in [-0.2, -0.15) is 13.2 Å². The minimum absolute atomic E-state index is 0.0806. The Labute approximate surface area is 185 Å². The number of H-pyrrole nitrogens is 1. The van der Waals surface area contributed by atoms with Crippen LogP contribution in [0, 0.1) is 0 Å². The molecule has 0 saturated carbocycles. The summed E-state index contributed by atoms with van der Waals surface area (Å²) >= 11 is 0. The van der Waals surface area contributed by atoms with Crippen LogP contribution in [0.3, 0.4) is 0 Å². The molecule has 1 fully saturated rings. The SMILES string of the molecule is O=C1[C@@H]2Cc3c([nH]c4ccccc34)[C@H](c3ccc4c(c3)OCO4)N2C(=O)CN1CC(F)(F)F. The van der Waals surface area contributed by atoms with Gasteiger partial charge >= 0.3 is 6.18 Å². The third-order valence-corrected chi connectivity index (χ3v) is 6.42. The number of carbonyl (C=O) groups is 2. The van der Waals surface area contributed by atoms with Crippen molar-refractivity contribution in [3.8, 4) is 11.5 Å². The predicted molar refractivity (Wildman–Crippen MR) is 110 cm³/mol. The van der Waals surface area contributed by atoms with Gasteiger partial charge in [-0.25, -0.2) is 0 Å². The lowest BCUT2D eigenvalue weighted by Crippen LogP contribution is -2.64. The van der Waals surface area contributed by atoms with E-state index in [1.54, 1.807) is 18.2 Å². The molecule has 33 heavy (non-hydrogen) atoms. The van der Waals surface area contributed by atoms with Crippen LogP contribution in [0.15, 0.2) is 42.5 Å². The van der Waals surface area contributed by atoms with Gasteiger partial charge in [-0.05, 0) is 29.3 Å². The van der Waals surface area contributed by atoms with Crippen molar-refractivity contribution in [1.29, 1.82) is 0 Å². The minimum Gasteiger partial charge on any atom is -0.454 e. The van der Waals surface area contributed by atoms with Gasteiger partial charge in [0.25, 0.3) is 0 Å². The fourth-order valence-corrected chi connectivity index (χ4v) is 5.10. The van der Waals surface area contributed by atoms with Crippen molar-refractivity contribution in [1.82, 2.24) is 14.8 Å². The van der Waals surface area contributed by atoms with Gasteiger partial charge in [0.15, 0.2) is 11.5 Å². The summed E-state index contributed by atoms with van der Waals surface area (Å²) in [5, 5.41) is 0.881. The summed E-state index contributed by atoms with van der Waals surface area (Å²) in [6, 6.07) is 11.1. The molecule has 1 aromatic heterocycles. The molecule has 0 aliphatic carbocycles. The van der Waals surface area contributed by atoms with E-state index in [0.717, 1.165) is 22.2 Å². The average Bonchev–Trinajstić information content (AvgIpc) is 3.38. The second kappa shape index (κ2) is 6.90. The van der Waals surface area contributed by atoms with E-state index in [1.807, 2.05) is 24.3 Å². The van der Waals surface area contributed by atoms with Gasteiger partial charge in [-0.1, -0.05) is 24.3 Å². The number of hydrogen-bond acceptors (Lipinski definition) is 4. The number of alkyl halides is 3. The number of hydrogen-bond donors (Lipinski definition) is 1.